The fraction of sp³-hybridized carbons (Fsp3) is 0.357. The van der Waals surface area contributed by atoms with Gasteiger partial charge in [-0.3, -0.25) is 0 Å². The molecule has 1 aliphatic rings. The Balaban J connectivity index is 1.83. The Morgan fingerprint density at radius 2 is 2.05 bits per heavy atom. The molecule has 1 aromatic heterocycles. The van der Waals surface area contributed by atoms with E-state index in [-0.39, 0.29) is 0 Å². The van der Waals surface area contributed by atoms with Crippen LogP contribution in [0.3, 0.4) is 0 Å². The van der Waals surface area contributed by atoms with Crippen molar-refractivity contribution in [2.24, 2.45) is 0 Å². The second kappa shape index (κ2) is 5.63. The van der Waals surface area contributed by atoms with Crippen molar-refractivity contribution in [1.82, 2.24) is 15.2 Å². The molecule has 2 aromatic rings. The number of halogens is 1. The van der Waals surface area contributed by atoms with Gasteiger partial charge in [0.25, 0.3) is 0 Å². The van der Waals surface area contributed by atoms with Gasteiger partial charge in [-0.2, -0.15) is 10.1 Å². The maximum Gasteiger partial charge on any atom is 0.249 e. The normalized spacial score (nSPS) is 14.6. The lowest BCUT2D eigenvalue weighted by molar-refractivity contribution is 0.890. The van der Waals surface area contributed by atoms with Gasteiger partial charge in [-0.25, -0.2) is 0 Å². The van der Waals surface area contributed by atoms with Gasteiger partial charge in [-0.1, -0.05) is 17.7 Å². The van der Waals surface area contributed by atoms with Crippen LogP contribution >= 0.6 is 11.6 Å². The number of nitrogens with zero attached hydrogens (tertiary/aromatic N) is 4. The summed E-state index contributed by atoms with van der Waals surface area (Å²) in [5.74, 6) is 1.37. The molecule has 6 heteroatoms. The van der Waals surface area contributed by atoms with Crippen LogP contribution in [-0.2, 0) is 0 Å². The van der Waals surface area contributed by atoms with Crippen molar-refractivity contribution in [2.75, 3.05) is 23.3 Å². The van der Waals surface area contributed by atoms with Gasteiger partial charge >= 0.3 is 0 Å². The van der Waals surface area contributed by atoms with Gasteiger partial charge in [-0.05, 0) is 37.5 Å². The standard InChI is InChI=1S/C14H16ClN5/c1-10-11(15)5-4-6-12(10)17-14-18-13(9-16-19-14)20-7-2-3-8-20/h4-6,9H,2-3,7-8H2,1H3,(H,17,18,19). The third kappa shape index (κ3) is 2.67. The maximum absolute atomic E-state index is 6.11. The lowest BCUT2D eigenvalue weighted by atomic mass is 10.2. The van der Waals surface area contributed by atoms with Crippen molar-refractivity contribution in [3.63, 3.8) is 0 Å². The molecule has 0 unspecified atom stereocenters. The van der Waals surface area contributed by atoms with Gasteiger partial charge < -0.3 is 10.2 Å². The first-order valence-electron chi connectivity index (χ1n) is 6.71. The lowest BCUT2D eigenvalue weighted by Gasteiger charge is -2.16. The second-order valence-corrected chi connectivity index (χ2v) is 5.28. The summed E-state index contributed by atoms with van der Waals surface area (Å²) >= 11 is 6.11. The van der Waals surface area contributed by atoms with E-state index in [0.29, 0.717) is 5.95 Å². The Hall–Kier alpha value is -1.88. The Morgan fingerprint density at radius 1 is 1.25 bits per heavy atom. The van der Waals surface area contributed by atoms with Gasteiger partial charge in [0.05, 0.1) is 6.20 Å². The van der Waals surface area contributed by atoms with E-state index in [0.717, 1.165) is 35.2 Å². The summed E-state index contributed by atoms with van der Waals surface area (Å²) in [6, 6.07) is 5.71. The van der Waals surface area contributed by atoms with Crippen molar-refractivity contribution < 1.29 is 0 Å². The van der Waals surface area contributed by atoms with Crippen LogP contribution in [0, 0.1) is 6.92 Å². The monoisotopic (exact) mass is 289 g/mol. The smallest absolute Gasteiger partial charge is 0.249 e. The molecule has 3 rings (SSSR count). The molecule has 0 spiro atoms. The van der Waals surface area contributed by atoms with Gasteiger partial charge in [-0.15, -0.1) is 5.10 Å². The highest BCUT2D eigenvalue weighted by Crippen LogP contribution is 2.25. The molecule has 2 heterocycles. The first-order chi connectivity index (χ1) is 9.74. The molecule has 0 radical (unpaired) electrons. The third-order valence-corrected chi connectivity index (χ3v) is 3.90. The molecule has 5 nitrogen and oxygen atoms in total. The van der Waals surface area contributed by atoms with Crippen molar-refractivity contribution in [3.8, 4) is 0 Å². The van der Waals surface area contributed by atoms with E-state index >= 15 is 0 Å². The minimum Gasteiger partial charge on any atom is -0.355 e. The van der Waals surface area contributed by atoms with Gasteiger partial charge in [0.2, 0.25) is 5.95 Å². The molecule has 1 N–H and O–H groups in total. The van der Waals surface area contributed by atoms with Crippen LogP contribution in [-0.4, -0.2) is 28.3 Å². The zero-order valence-electron chi connectivity index (χ0n) is 11.3. The number of nitrogens with one attached hydrogen (secondary N) is 1. The van der Waals surface area contributed by atoms with E-state index in [4.69, 9.17) is 11.6 Å². The Labute approximate surface area is 123 Å². The molecule has 1 fully saturated rings. The molecular weight excluding hydrogens is 274 g/mol. The first kappa shape index (κ1) is 13.1. The van der Waals surface area contributed by atoms with Crippen LogP contribution in [0.15, 0.2) is 24.4 Å². The molecule has 1 aliphatic heterocycles. The first-order valence-corrected chi connectivity index (χ1v) is 7.08. The summed E-state index contributed by atoms with van der Waals surface area (Å²) in [5.41, 5.74) is 1.88. The van der Waals surface area contributed by atoms with Crippen LogP contribution in [0.25, 0.3) is 0 Å². The number of anilines is 3. The zero-order chi connectivity index (χ0) is 13.9. The highest BCUT2D eigenvalue weighted by Gasteiger charge is 2.15. The van der Waals surface area contributed by atoms with E-state index in [1.807, 2.05) is 25.1 Å². The van der Waals surface area contributed by atoms with E-state index in [9.17, 15) is 0 Å². The number of benzene rings is 1. The zero-order valence-corrected chi connectivity index (χ0v) is 12.1. The SMILES string of the molecule is Cc1c(Cl)cccc1Nc1nncc(N2CCCC2)n1. The van der Waals surface area contributed by atoms with Gasteiger partial charge in [0.15, 0.2) is 5.82 Å². The number of aromatic nitrogens is 3. The third-order valence-electron chi connectivity index (χ3n) is 3.49. The van der Waals surface area contributed by atoms with Gasteiger partial charge in [0, 0.05) is 23.8 Å². The minimum absolute atomic E-state index is 0.500. The number of hydrogen-bond donors (Lipinski definition) is 1. The van der Waals surface area contributed by atoms with E-state index < -0.39 is 0 Å². The minimum atomic E-state index is 0.500. The van der Waals surface area contributed by atoms with Crippen LogP contribution in [0.2, 0.25) is 5.02 Å². The molecule has 0 amide bonds. The van der Waals surface area contributed by atoms with Crippen LogP contribution in [0.1, 0.15) is 18.4 Å². The highest BCUT2D eigenvalue weighted by molar-refractivity contribution is 6.31. The van der Waals surface area contributed by atoms with Crippen molar-refractivity contribution in [3.05, 3.63) is 35.0 Å². The van der Waals surface area contributed by atoms with Crippen molar-refractivity contribution in [2.45, 2.75) is 19.8 Å². The Bertz CT molecular complexity index is 610. The predicted molar refractivity (Wildman–Crippen MR) is 80.7 cm³/mol. The average Bonchev–Trinajstić information content (AvgIpc) is 2.98. The predicted octanol–water partition coefficient (Wildman–Crippen LogP) is 3.18. The number of rotatable bonds is 3. The molecule has 20 heavy (non-hydrogen) atoms. The summed E-state index contributed by atoms with van der Waals surface area (Å²) < 4.78 is 0. The van der Waals surface area contributed by atoms with Crippen LogP contribution < -0.4 is 10.2 Å². The second-order valence-electron chi connectivity index (χ2n) is 4.87. The summed E-state index contributed by atoms with van der Waals surface area (Å²) in [6.45, 7) is 4.03. The maximum atomic E-state index is 6.11. The topological polar surface area (TPSA) is 53.9 Å². The molecule has 0 aliphatic carbocycles. The molecule has 0 bridgehead atoms. The van der Waals surface area contributed by atoms with Crippen LogP contribution in [0.5, 0.6) is 0 Å². The average molecular weight is 290 g/mol. The summed E-state index contributed by atoms with van der Waals surface area (Å²) in [6.07, 6.45) is 4.13. The Morgan fingerprint density at radius 3 is 2.85 bits per heavy atom. The van der Waals surface area contributed by atoms with E-state index in [1.165, 1.54) is 12.8 Å². The lowest BCUT2D eigenvalue weighted by Crippen LogP contribution is -2.20. The van der Waals surface area contributed by atoms with E-state index in [2.05, 4.69) is 25.4 Å². The highest BCUT2D eigenvalue weighted by atomic mass is 35.5. The van der Waals surface area contributed by atoms with Crippen molar-refractivity contribution >= 4 is 29.1 Å². The molecule has 0 saturated carbocycles. The fourth-order valence-corrected chi connectivity index (χ4v) is 2.48. The quantitative estimate of drug-likeness (QED) is 0.940. The number of hydrogen-bond acceptors (Lipinski definition) is 5. The summed E-state index contributed by atoms with van der Waals surface area (Å²) in [5, 5.41) is 12.0. The van der Waals surface area contributed by atoms with E-state index in [1.54, 1.807) is 6.20 Å². The fourth-order valence-electron chi connectivity index (χ4n) is 2.31. The summed E-state index contributed by atoms with van der Waals surface area (Å²) in [4.78, 5) is 6.75. The van der Waals surface area contributed by atoms with Crippen molar-refractivity contribution in [1.29, 1.82) is 0 Å². The molecule has 0 atom stereocenters. The van der Waals surface area contributed by atoms with Gasteiger partial charge in [0.1, 0.15) is 0 Å². The Kier molecular flexibility index (Phi) is 3.69. The molecule has 1 saturated heterocycles. The molecule has 104 valence electrons. The largest absolute Gasteiger partial charge is 0.355 e. The summed E-state index contributed by atoms with van der Waals surface area (Å²) in [7, 11) is 0. The molecule has 1 aromatic carbocycles. The molecular formula is C14H16ClN5. The van der Waals surface area contributed by atoms with Crippen LogP contribution in [0.4, 0.5) is 17.5 Å².